The number of thiazole rings is 1. The van der Waals surface area contributed by atoms with Crippen LogP contribution in [0.2, 0.25) is 0 Å². The molecule has 4 heteroatoms. The summed E-state index contributed by atoms with van der Waals surface area (Å²) in [5.41, 5.74) is 1.42. The molecule has 1 aromatic rings. The van der Waals surface area contributed by atoms with E-state index >= 15 is 0 Å². The minimum Gasteiger partial charge on any atom is -0.349 e. The van der Waals surface area contributed by atoms with E-state index < -0.39 is 0 Å². The van der Waals surface area contributed by atoms with Crippen LogP contribution in [0.3, 0.4) is 0 Å². The van der Waals surface area contributed by atoms with Crippen LogP contribution in [0.5, 0.6) is 0 Å². The van der Waals surface area contributed by atoms with E-state index in [0.29, 0.717) is 5.92 Å². The second-order valence-electron chi connectivity index (χ2n) is 4.62. The molecule has 0 spiro atoms. The van der Waals surface area contributed by atoms with Crippen molar-refractivity contribution >= 4 is 22.5 Å². The van der Waals surface area contributed by atoms with Crippen LogP contribution in [0.25, 0.3) is 6.08 Å². The van der Waals surface area contributed by atoms with Gasteiger partial charge in [-0.3, -0.25) is 0 Å². The smallest absolute Gasteiger partial charge is 0.185 e. The van der Waals surface area contributed by atoms with Gasteiger partial charge in [0.05, 0.1) is 0 Å². The van der Waals surface area contributed by atoms with Crippen molar-refractivity contribution in [1.29, 1.82) is 0 Å². The lowest BCUT2D eigenvalue weighted by Crippen LogP contribution is -2.21. The average Bonchev–Trinajstić information content (AvgIpc) is 2.78. The maximum absolute atomic E-state index is 4.51. The van der Waals surface area contributed by atoms with Crippen molar-refractivity contribution in [2.75, 3.05) is 31.6 Å². The van der Waals surface area contributed by atoms with Gasteiger partial charge in [0.25, 0.3) is 0 Å². The third kappa shape index (κ3) is 4.10. The third-order valence-corrected chi connectivity index (χ3v) is 4.00. The fourth-order valence-corrected chi connectivity index (χ4v) is 2.81. The second kappa shape index (κ2) is 7.54. The lowest BCUT2D eigenvalue weighted by Gasteiger charge is -2.16. The molecule has 0 aliphatic carbocycles. The van der Waals surface area contributed by atoms with E-state index in [0.717, 1.165) is 24.8 Å². The first-order valence-corrected chi connectivity index (χ1v) is 7.49. The Bertz CT molecular complexity index is 378. The number of anilines is 1. The van der Waals surface area contributed by atoms with Gasteiger partial charge in [0.15, 0.2) is 5.13 Å². The molecule has 0 aliphatic rings. The van der Waals surface area contributed by atoms with Gasteiger partial charge in [-0.25, -0.2) is 4.98 Å². The Morgan fingerprint density at radius 3 is 2.61 bits per heavy atom. The predicted octanol–water partition coefficient (Wildman–Crippen LogP) is 3.25. The zero-order valence-electron chi connectivity index (χ0n) is 12.2. The van der Waals surface area contributed by atoms with Crippen molar-refractivity contribution in [2.45, 2.75) is 27.7 Å². The van der Waals surface area contributed by atoms with Crippen LogP contribution < -0.4 is 10.2 Å². The maximum atomic E-state index is 4.51. The van der Waals surface area contributed by atoms with Gasteiger partial charge in [0.1, 0.15) is 0 Å². The van der Waals surface area contributed by atoms with Crippen LogP contribution in [0, 0.1) is 5.92 Å². The molecule has 0 aliphatic heterocycles. The van der Waals surface area contributed by atoms with Crippen molar-refractivity contribution < 1.29 is 0 Å². The van der Waals surface area contributed by atoms with Gasteiger partial charge in [-0.2, -0.15) is 0 Å². The van der Waals surface area contributed by atoms with Gasteiger partial charge >= 0.3 is 0 Å². The molecule has 0 atom stereocenters. The van der Waals surface area contributed by atoms with E-state index in [1.165, 1.54) is 10.5 Å². The Morgan fingerprint density at radius 1 is 1.44 bits per heavy atom. The first kappa shape index (κ1) is 15.2. The quantitative estimate of drug-likeness (QED) is 0.822. The lowest BCUT2D eigenvalue weighted by molar-refractivity contribution is 0.713. The van der Waals surface area contributed by atoms with Crippen LogP contribution in [0.15, 0.2) is 11.8 Å². The summed E-state index contributed by atoms with van der Waals surface area (Å²) < 4.78 is 0. The fourth-order valence-electron chi connectivity index (χ4n) is 1.79. The first-order chi connectivity index (χ1) is 8.62. The molecule has 0 radical (unpaired) electrons. The highest BCUT2D eigenvalue weighted by molar-refractivity contribution is 7.16. The number of nitrogens with zero attached hydrogens (tertiary/aromatic N) is 2. The molecule has 0 saturated carbocycles. The van der Waals surface area contributed by atoms with Crippen LogP contribution in [0.1, 0.15) is 32.6 Å². The van der Waals surface area contributed by atoms with Crippen molar-refractivity contribution in [3.63, 3.8) is 0 Å². The van der Waals surface area contributed by atoms with Gasteiger partial charge in [0, 0.05) is 30.7 Å². The van der Waals surface area contributed by atoms with Crippen LogP contribution >= 0.6 is 11.3 Å². The topological polar surface area (TPSA) is 28.2 Å². The predicted molar refractivity (Wildman–Crippen MR) is 82.4 cm³/mol. The highest BCUT2D eigenvalue weighted by Gasteiger charge is 2.08. The molecule has 0 unspecified atom stereocenters. The summed E-state index contributed by atoms with van der Waals surface area (Å²) in [6.07, 6.45) is 4.25. The fraction of sp³-hybridized carbons (Fsp3) is 0.643. The van der Waals surface area contributed by atoms with Crippen LogP contribution in [0.4, 0.5) is 5.13 Å². The molecule has 0 amide bonds. The zero-order valence-corrected chi connectivity index (χ0v) is 13.0. The highest BCUT2D eigenvalue weighted by atomic mass is 32.1. The minimum absolute atomic E-state index is 0.566. The molecule has 3 nitrogen and oxygen atoms in total. The molecule has 0 saturated heterocycles. The van der Waals surface area contributed by atoms with Crippen molar-refractivity contribution in [1.82, 2.24) is 10.3 Å². The SMILES string of the molecule is CCN(CC)c1ncc(C=C(CNC)C(C)C)s1. The number of likely N-dealkylation sites (N-methyl/N-ethyl adjacent to an activating group) is 1. The van der Waals surface area contributed by atoms with E-state index in [-0.39, 0.29) is 0 Å². The molecular formula is C14H25N3S. The van der Waals surface area contributed by atoms with Gasteiger partial charge < -0.3 is 10.2 Å². The Morgan fingerprint density at radius 2 is 2.11 bits per heavy atom. The van der Waals surface area contributed by atoms with E-state index in [2.05, 4.69) is 49.0 Å². The molecule has 0 aromatic carbocycles. The van der Waals surface area contributed by atoms with Gasteiger partial charge in [-0.05, 0) is 32.9 Å². The molecular weight excluding hydrogens is 242 g/mol. The normalized spacial score (nSPS) is 12.2. The molecule has 1 N–H and O–H groups in total. The van der Waals surface area contributed by atoms with Crippen LogP contribution in [-0.4, -0.2) is 31.7 Å². The number of hydrogen-bond donors (Lipinski definition) is 1. The number of nitrogens with one attached hydrogen (secondary N) is 1. The van der Waals surface area contributed by atoms with E-state index in [1.807, 2.05) is 13.2 Å². The standard InChI is InChI=1S/C14H25N3S/c1-6-17(7-2)14-16-10-13(18-14)8-12(9-15-5)11(3)4/h8,10-11,15H,6-7,9H2,1-5H3. The summed E-state index contributed by atoms with van der Waals surface area (Å²) in [7, 11) is 1.99. The molecule has 1 aromatic heterocycles. The van der Waals surface area contributed by atoms with Crippen molar-refractivity contribution in [3.05, 3.63) is 16.6 Å². The minimum atomic E-state index is 0.566. The first-order valence-electron chi connectivity index (χ1n) is 6.68. The Hall–Kier alpha value is -0.870. The molecule has 1 rings (SSSR count). The average molecular weight is 267 g/mol. The summed E-state index contributed by atoms with van der Waals surface area (Å²) in [6, 6.07) is 0. The summed E-state index contributed by atoms with van der Waals surface area (Å²) in [4.78, 5) is 8.04. The van der Waals surface area contributed by atoms with Gasteiger partial charge in [-0.15, -0.1) is 0 Å². The summed E-state index contributed by atoms with van der Waals surface area (Å²) in [5.74, 6) is 0.566. The lowest BCUT2D eigenvalue weighted by atomic mass is 10.0. The molecule has 102 valence electrons. The number of hydrogen-bond acceptors (Lipinski definition) is 4. The monoisotopic (exact) mass is 267 g/mol. The zero-order chi connectivity index (χ0) is 13.5. The van der Waals surface area contributed by atoms with E-state index in [4.69, 9.17) is 0 Å². The van der Waals surface area contributed by atoms with Crippen molar-refractivity contribution in [2.24, 2.45) is 5.92 Å². The summed E-state index contributed by atoms with van der Waals surface area (Å²) in [5, 5.41) is 4.35. The maximum Gasteiger partial charge on any atom is 0.185 e. The molecule has 0 fully saturated rings. The third-order valence-electron chi connectivity index (χ3n) is 3.00. The molecule has 18 heavy (non-hydrogen) atoms. The highest BCUT2D eigenvalue weighted by Crippen LogP contribution is 2.25. The second-order valence-corrected chi connectivity index (χ2v) is 5.66. The van der Waals surface area contributed by atoms with Gasteiger partial charge in [-0.1, -0.05) is 30.8 Å². The van der Waals surface area contributed by atoms with E-state index in [9.17, 15) is 0 Å². The van der Waals surface area contributed by atoms with E-state index in [1.54, 1.807) is 11.3 Å². The molecule has 0 bridgehead atoms. The molecule has 1 heterocycles. The number of rotatable bonds is 7. The number of aromatic nitrogens is 1. The van der Waals surface area contributed by atoms with Gasteiger partial charge in [0.2, 0.25) is 0 Å². The largest absolute Gasteiger partial charge is 0.349 e. The summed E-state index contributed by atoms with van der Waals surface area (Å²) >= 11 is 1.77. The Kier molecular flexibility index (Phi) is 6.36. The van der Waals surface area contributed by atoms with Crippen molar-refractivity contribution in [3.8, 4) is 0 Å². The summed E-state index contributed by atoms with van der Waals surface area (Å²) in [6.45, 7) is 11.8. The Balaban J connectivity index is 2.87. The van der Waals surface area contributed by atoms with Crippen LogP contribution in [-0.2, 0) is 0 Å². The Labute approximate surface area is 115 Å².